The van der Waals surface area contributed by atoms with Crippen LogP contribution in [-0.2, 0) is 9.59 Å². The zero-order valence-corrected chi connectivity index (χ0v) is 12.2. The maximum atomic E-state index is 11.9. The van der Waals surface area contributed by atoms with Crippen LogP contribution in [0.4, 0.5) is 4.79 Å². The van der Waals surface area contributed by atoms with E-state index in [9.17, 15) is 14.4 Å². The number of nitrogens with zero attached hydrogens (tertiary/aromatic N) is 2. The first-order valence-electron chi connectivity index (χ1n) is 6.72. The molecule has 0 aromatic heterocycles. The molecule has 0 bridgehead atoms. The maximum Gasteiger partial charge on any atom is 0.325 e. The molecule has 4 amide bonds. The van der Waals surface area contributed by atoms with Crippen LogP contribution in [0.5, 0.6) is 0 Å². The van der Waals surface area contributed by atoms with Crippen molar-refractivity contribution in [2.24, 2.45) is 0 Å². The standard InChI is InChI=1S/C13H23N3O3/c1-5-13(6-2)11(18)14-12(19)16(13)9-7-8-10(17)15(3)4/h5-9H2,1-4H3,(H,14,18,19). The van der Waals surface area contributed by atoms with Crippen molar-refractivity contribution in [1.82, 2.24) is 15.1 Å². The van der Waals surface area contributed by atoms with Crippen LogP contribution in [0.3, 0.4) is 0 Å². The highest BCUT2D eigenvalue weighted by Gasteiger charge is 2.49. The first kappa shape index (κ1) is 15.5. The molecule has 0 saturated carbocycles. The Morgan fingerprint density at radius 1 is 1.26 bits per heavy atom. The lowest BCUT2D eigenvalue weighted by molar-refractivity contribution is -0.128. The van der Waals surface area contributed by atoms with Gasteiger partial charge in [0.1, 0.15) is 5.54 Å². The van der Waals surface area contributed by atoms with Gasteiger partial charge in [-0.05, 0) is 19.3 Å². The minimum Gasteiger partial charge on any atom is -0.349 e. The molecule has 0 atom stereocenters. The molecule has 0 aromatic carbocycles. The summed E-state index contributed by atoms with van der Waals surface area (Å²) in [5.41, 5.74) is -0.738. The van der Waals surface area contributed by atoms with E-state index in [2.05, 4.69) is 5.32 Å². The first-order chi connectivity index (χ1) is 8.89. The van der Waals surface area contributed by atoms with Crippen LogP contribution in [-0.4, -0.2) is 53.8 Å². The van der Waals surface area contributed by atoms with Crippen molar-refractivity contribution < 1.29 is 14.4 Å². The summed E-state index contributed by atoms with van der Waals surface area (Å²) >= 11 is 0. The van der Waals surface area contributed by atoms with E-state index in [-0.39, 0.29) is 17.8 Å². The van der Waals surface area contributed by atoms with Crippen molar-refractivity contribution >= 4 is 17.8 Å². The van der Waals surface area contributed by atoms with E-state index in [1.807, 2.05) is 13.8 Å². The lowest BCUT2D eigenvalue weighted by Gasteiger charge is -2.33. The summed E-state index contributed by atoms with van der Waals surface area (Å²) in [4.78, 5) is 38.4. The van der Waals surface area contributed by atoms with Crippen LogP contribution in [0.1, 0.15) is 39.5 Å². The molecule has 0 radical (unpaired) electrons. The van der Waals surface area contributed by atoms with Gasteiger partial charge >= 0.3 is 6.03 Å². The third-order valence-corrected chi connectivity index (χ3v) is 3.85. The Labute approximate surface area is 114 Å². The zero-order valence-electron chi connectivity index (χ0n) is 12.2. The minimum absolute atomic E-state index is 0.0320. The average molecular weight is 269 g/mol. The summed E-state index contributed by atoms with van der Waals surface area (Å²) in [5.74, 6) is -0.189. The highest BCUT2D eigenvalue weighted by atomic mass is 16.2. The molecule has 1 heterocycles. The molecule has 1 aliphatic rings. The molecule has 1 N–H and O–H groups in total. The summed E-state index contributed by atoms with van der Waals surface area (Å²) < 4.78 is 0. The van der Waals surface area contributed by atoms with Gasteiger partial charge in [0, 0.05) is 27.1 Å². The van der Waals surface area contributed by atoms with Gasteiger partial charge in [0.2, 0.25) is 5.91 Å². The van der Waals surface area contributed by atoms with E-state index in [1.165, 1.54) is 4.90 Å². The van der Waals surface area contributed by atoms with Crippen molar-refractivity contribution in [3.8, 4) is 0 Å². The zero-order chi connectivity index (χ0) is 14.6. The number of hydrogen-bond donors (Lipinski definition) is 1. The van der Waals surface area contributed by atoms with Crippen molar-refractivity contribution in [3.63, 3.8) is 0 Å². The number of rotatable bonds is 6. The van der Waals surface area contributed by atoms with Crippen LogP contribution in [0.25, 0.3) is 0 Å². The Morgan fingerprint density at radius 2 is 1.84 bits per heavy atom. The normalized spacial score (nSPS) is 17.6. The molecule has 1 saturated heterocycles. The van der Waals surface area contributed by atoms with Crippen LogP contribution in [0.15, 0.2) is 0 Å². The van der Waals surface area contributed by atoms with Gasteiger partial charge in [-0.15, -0.1) is 0 Å². The van der Waals surface area contributed by atoms with Crippen LogP contribution >= 0.6 is 0 Å². The van der Waals surface area contributed by atoms with E-state index in [0.717, 1.165) is 0 Å². The third kappa shape index (κ3) is 2.88. The fourth-order valence-corrected chi connectivity index (χ4v) is 2.48. The summed E-state index contributed by atoms with van der Waals surface area (Å²) in [6, 6.07) is -0.342. The highest BCUT2D eigenvalue weighted by Crippen LogP contribution is 2.29. The van der Waals surface area contributed by atoms with Gasteiger partial charge in [-0.3, -0.25) is 14.9 Å². The molecule has 0 aromatic rings. The van der Waals surface area contributed by atoms with Crippen molar-refractivity contribution in [2.45, 2.75) is 45.1 Å². The van der Waals surface area contributed by atoms with Gasteiger partial charge in [0.15, 0.2) is 0 Å². The predicted molar refractivity (Wildman–Crippen MR) is 71.5 cm³/mol. The molecular formula is C13H23N3O3. The summed E-state index contributed by atoms with van der Waals surface area (Å²) in [5, 5.41) is 2.37. The fraction of sp³-hybridized carbons (Fsp3) is 0.769. The first-order valence-corrected chi connectivity index (χ1v) is 6.72. The molecule has 0 aliphatic carbocycles. The second-order valence-corrected chi connectivity index (χ2v) is 5.04. The third-order valence-electron chi connectivity index (χ3n) is 3.85. The minimum atomic E-state index is -0.738. The number of amides is 4. The second kappa shape index (κ2) is 6.04. The molecule has 1 rings (SSSR count). The summed E-state index contributed by atoms with van der Waals surface area (Å²) in [6.07, 6.45) is 2.12. The fourth-order valence-electron chi connectivity index (χ4n) is 2.48. The number of carbonyl (C=O) groups is 3. The van der Waals surface area contributed by atoms with Gasteiger partial charge in [-0.1, -0.05) is 13.8 Å². The Hall–Kier alpha value is -1.59. The van der Waals surface area contributed by atoms with Gasteiger partial charge in [0.05, 0.1) is 0 Å². The molecule has 19 heavy (non-hydrogen) atoms. The average Bonchev–Trinajstić information content (AvgIpc) is 2.60. The van der Waals surface area contributed by atoms with E-state index >= 15 is 0 Å². The van der Waals surface area contributed by atoms with Crippen molar-refractivity contribution in [2.75, 3.05) is 20.6 Å². The van der Waals surface area contributed by atoms with E-state index in [0.29, 0.717) is 32.2 Å². The molecule has 1 aliphatic heterocycles. The largest absolute Gasteiger partial charge is 0.349 e. The van der Waals surface area contributed by atoms with Gasteiger partial charge < -0.3 is 9.80 Å². The van der Waals surface area contributed by atoms with Crippen LogP contribution < -0.4 is 5.32 Å². The molecule has 1 fully saturated rings. The number of nitrogens with one attached hydrogen (secondary N) is 1. The SMILES string of the molecule is CCC1(CC)C(=O)NC(=O)N1CCCC(=O)N(C)C. The van der Waals surface area contributed by atoms with Crippen molar-refractivity contribution in [3.05, 3.63) is 0 Å². The Balaban J connectivity index is 2.67. The van der Waals surface area contributed by atoms with Gasteiger partial charge in [-0.2, -0.15) is 0 Å². The van der Waals surface area contributed by atoms with Crippen LogP contribution in [0, 0.1) is 0 Å². The van der Waals surface area contributed by atoms with Gasteiger partial charge in [0.25, 0.3) is 5.91 Å². The molecular weight excluding hydrogens is 246 g/mol. The number of carbonyl (C=O) groups excluding carboxylic acids is 3. The van der Waals surface area contributed by atoms with E-state index in [1.54, 1.807) is 19.0 Å². The summed E-state index contributed by atoms with van der Waals surface area (Å²) in [6.45, 7) is 4.23. The topological polar surface area (TPSA) is 69.7 Å². The Kier molecular flexibility index (Phi) is 4.91. The smallest absolute Gasteiger partial charge is 0.325 e. The lowest BCUT2D eigenvalue weighted by Crippen LogP contribution is -2.49. The van der Waals surface area contributed by atoms with Crippen molar-refractivity contribution in [1.29, 1.82) is 0 Å². The van der Waals surface area contributed by atoms with Gasteiger partial charge in [-0.25, -0.2) is 4.79 Å². The van der Waals surface area contributed by atoms with Crippen LogP contribution in [0.2, 0.25) is 0 Å². The predicted octanol–water partition coefficient (Wildman–Crippen LogP) is 0.965. The Morgan fingerprint density at radius 3 is 2.32 bits per heavy atom. The Bertz CT molecular complexity index is 375. The number of urea groups is 1. The quantitative estimate of drug-likeness (QED) is 0.730. The second-order valence-electron chi connectivity index (χ2n) is 5.04. The molecule has 0 unspecified atom stereocenters. The summed E-state index contributed by atoms with van der Waals surface area (Å²) in [7, 11) is 3.41. The van der Waals surface area contributed by atoms with E-state index < -0.39 is 5.54 Å². The molecule has 6 heteroatoms. The molecule has 6 nitrogen and oxygen atoms in total. The molecule has 108 valence electrons. The van der Waals surface area contributed by atoms with E-state index in [4.69, 9.17) is 0 Å². The monoisotopic (exact) mass is 269 g/mol. The highest BCUT2D eigenvalue weighted by molar-refractivity contribution is 6.06. The molecule has 0 spiro atoms. The number of hydrogen-bond acceptors (Lipinski definition) is 3. The number of imide groups is 1. The maximum absolute atomic E-state index is 11.9. The lowest BCUT2D eigenvalue weighted by atomic mass is 9.91.